The van der Waals surface area contributed by atoms with Crippen LogP contribution in [-0.2, 0) is 10.9 Å². The summed E-state index contributed by atoms with van der Waals surface area (Å²) in [6.07, 6.45) is -0.0400. The summed E-state index contributed by atoms with van der Waals surface area (Å²) < 4.78 is 49.6. The molecule has 2 aromatic heterocycles. The van der Waals surface area contributed by atoms with E-state index in [1.165, 1.54) is 42.6 Å². The Morgan fingerprint density at radius 3 is 2.64 bits per heavy atom. The zero-order valence-electron chi connectivity index (χ0n) is 14.7. The van der Waals surface area contributed by atoms with Crippen molar-refractivity contribution in [2.45, 2.75) is 12.2 Å². The molecule has 28 heavy (non-hydrogen) atoms. The van der Waals surface area contributed by atoms with Gasteiger partial charge in [0.25, 0.3) is 0 Å². The van der Waals surface area contributed by atoms with Gasteiger partial charge in [-0.05, 0) is 36.4 Å². The molecule has 2 heterocycles. The van der Waals surface area contributed by atoms with Gasteiger partial charge in [0.2, 0.25) is 0 Å². The molecule has 0 aliphatic rings. The van der Waals surface area contributed by atoms with Crippen LogP contribution in [0.5, 0.6) is 0 Å². The number of ether oxygens (including phenoxy) is 1. The molecule has 0 fully saturated rings. The number of alkyl halides is 3. The molecule has 2 amide bonds. The largest absolute Gasteiger partial charge is 0.467 e. The summed E-state index contributed by atoms with van der Waals surface area (Å²) in [6, 6.07) is 6.95. The zero-order chi connectivity index (χ0) is 20.1. The van der Waals surface area contributed by atoms with Crippen LogP contribution in [0.25, 0.3) is 5.69 Å². The number of urea groups is 1. The van der Waals surface area contributed by atoms with Crippen molar-refractivity contribution in [3.8, 4) is 5.69 Å². The lowest BCUT2D eigenvalue weighted by atomic mass is 10.2. The number of furan rings is 1. The Morgan fingerprint density at radius 1 is 1.29 bits per heavy atom. The topological polar surface area (TPSA) is 81.3 Å². The molecule has 1 unspecified atom stereocenters. The molecular formula is C18H17F3N4O3. The van der Waals surface area contributed by atoms with Crippen molar-refractivity contribution in [3.05, 3.63) is 66.4 Å². The van der Waals surface area contributed by atoms with E-state index in [2.05, 4.69) is 15.7 Å². The van der Waals surface area contributed by atoms with Crippen LogP contribution in [0, 0.1) is 0 Å². The van der Waals surface area contributed by atoms with Gasteiger partial charge in [0.05, 0.1) is 42.2 Å². The molecule has 7 nitrogen and oxygen atoms in total. The maximum atomic E-state index is 12.6. The summed E-state index contributed by atoms with van der Waals surface area (Å²) in [7, 11) is 1.50. The molecule has 0 radical (unpaired) electrons. The number of nitrogens with one attached hydrogen (secondary N) is 2. The van der Waals surface area contributed by atoms with Crippen molar-refractivity contribution in [1.29, 1.82) is 0 Å². The van der Waals surface area contributed by atoms with Crippen LogP contribution in [0.15, 0.2) is 59.5 Å². The number of halogens is 3. The average molecular weight is 394 g/mol. The van der Waals surface area contributed by atoms with Gasteiger partial charge < -0.3 is 19.8 Å². The SMILES string of the molecule is COCC(NC(=O)Nc1cnn(-c2ccc(C(F)(F)F)cc2)c1)c1ccco1. The Kier molecular flexibility index (Phi) is 5.69. The third-order valence-electron chi connectivity index (χ3n) is 3.82. The third-order valence-corrected chi connectivity index (χ3v) is 3.82. The quantitative estimate of drug-likeness (QED) is 0.662. The molecule has 10 heteroatoms. The summed E-state index contributed by atoms with van der Waals surface area (Å²) in [6.45, 7) is 0.214. The van der Waals surface area contributed by atoms with Crippen LogP contribution >= 0.6 is 0 Å². The monoisotopic (exact) mass is 394 g/mol. The predicted molar refractivity (Wildman–Crippen MR) is 94.0 cm³/mol. The second-order valence-corrected chi connectivity index (χ2v) is 5.84. The normalized spacial score (nSPS) is 12.6. The number of carbonyl (C=O) groups excluding carboxylic acids is 1. The predicted octanol–water partition coefficient (Wildman–Crippen LogP) is 3.99. The fourth-order valence-corrected chi connectivity index (χ4v) is 2.51. The number of aromatic nitrogens is 2. The Bertz CT molecular complexity index is 905. The van der Waals surface area contributed by atoms with Crippen molar-refractivity contribution in [2.24, 2.45) is 0 Å². The average Bonchev–Trinajstić information content (AvgIpc) is 3.33. The number of rotatable bonds is 6. The number of hydrogen-bond acceptors (Lipinski definition) is 4. The second-order valence-electron chi connectivity index (χ2n) is 5.84. The van der Waals surface area contributed by atoms with Gasteiger partial charge in [-0.25, -0.2) is 9.48 Å². The highest BCUT2D eigenvalue weighted by molar-refractivity contribution is 5.89. The second kappa shape index (κ2) is 8.17. The zero-order valence-corrected chi connectivity index (χ0v) is 14.7. The van der Waals surface area contributed by atoms with E-state index in [0.717, 1.165) is 12.1 Å². The molecule has 3 aromatic rings. The van der Waals surface area contributed by atoms with E-state index in [1.54, 1.807) is 12.1 Å². The molecular weight excluding hydrogens is 377 g/mol. The number of anilines is 1. The van der Waals surface area contributed by atoms with Gasteiger partial charge in [0.1, 0.15) is 11.8 Å². The smallest absolute Gasteiger partial charge is 0.416 e. The van der Waals surface area contributed by atoms with Crippen molar-refractivity contribution in [1.82, 2.24) is 15.1 Å². The van der Waals surface area contributed by atoms with Crippen LogP contribution in [0.3, 0.4) is 0 Å². The van der Waals surface area contributed by atoms with Crippen LogP contribution in [0.2, 0.25) is 0 Å². The Balaban J connectivity index is 1.64. The number of amides is 2. The lowest BCUT2D eigenvalue weighted by molar-refractivity contribution is -0.137. The molecule has 1 aromatic carbocycles. The molecule has 0 saturated heterocycles. The van der Waals surface area contributed by atoms with Gasteiger partial charge in [0.15, 0.2) is 0 Å². The first kappa shape index (κ1) is 19.5. The van der Waals surface area contributed by atoms with E-state index in [9.17, 15) is 18.0 Å². The van der Waals surface area contributed by atoms with E-state index >= 15 is 0 Å². The summed E-state index contributed by atoms with van der Waals surface area (Å²) in [5.41, 5.74) is 0.0468. The molecule has 0 aliphatic heterocycles. The minimum atomic E-state index is -4.40. The minimum absolute atomic E-state index is 0.214. The summed E-state index contributed by atoms with van der Waals surface area (Å²) >= 11 is 0. The molecule has 148 valence electrons. The highest BCUT2D eigenvalue weighted by Crippen LogP contribution is 2.29. The molecule has 0 bridgehead atoms. The van der Waals surface area contributed by atoms with Crippen LogP contribution in [-0.4, -0.2) is 29.5 Å². The molecule has 0 saturated carbocycles. The molecule has 0 aliphatic carbocycles. The Hall–Kier alpha value is -3.27. The molecule has 2 N–H and O–H groups in total. The fourth-order valence-electron chi connectivity index (χ4n) is 2.51. The van der Waals surface area contributed by atoms with Crippen molar-refractivity contribution in [3.63, 3.8) is 0 Å². The maximum Gasteiger partial charge on any atom is 0.416 e. The maximum absolute atomic E-state index is 12.6. The lowest BCUT2D eigenvalue weighted by Crippen LogP contribution is -2.34. The molecule has 0 spiro atoms. The van der Waals surface area contributed by atoms with Gasteiger partial charge in [-0.15, -0.1) is 0 Å². The van der Waals surface area contributed by atoms with E-state index in [0.29, 0.717) is 17.1 Å². The standard InChI is InChI=1S/C18H17F3N4O3/c1-27-11-15(16-3-2-8-28-16)24-17(26)23-13-9-22-25(10-13)14-6-4-12(5-7-14)18(19,20)21/h2-10,15H,11H2,1H3,(H2,23,24,26). The first-order chi connectivity index (χ1) is 13.4. The number of methoxy groups -OCH3 is 1. The number of hydrogen-bond donors (Lipinski definition) is 2. The minimum Gasteiger partial charge on any atom is -0.467 e. The van der Waals surface area contributed by atoms with Gasteiger partial charge in [0, 0.05) is 7.11 Å². The summed E-state index contributed by atoms with van der Waals surface area (Å²) in [4.78, 5) is 12.2. The van der Waals surface area contributed by atoms with Gasteiger partial charge >= 0.3 is 12.2 Å². The highest BCUT2D eigenvalue weighted by atomic mass is 19.4. The van der Waals surface area contributed by atoms with Crippen molar-refractivity contribution in [2.75, 3.05) is 19.0 Å². The summed E-state index contributed by atoms with van der Waals surface area (Å²) in [5.74, 6) is 0.539. The first-order valence-corrected chi connectivity index (χ1v) is 8.19. The molecule has 1 atom stereocenters. The Morgan fingerprint density at radius 2 is 2.04 bits per heavy atom. The number of benzene rings is 1. The molecule has 3 rings (SSSR count). The lowest BCUT2D eigenvalue weighted by Gasteiger charge is -2.15. The first-order valence-electron chi connectivity index (χ1n) is 8.19. The van der Waals surface area contributed by atoms with Gasteiger partial charge in [-0.2, -0.15) is 18.3 Å². The van der Waals surface area contributed by atoms with Crippen LogP contribution < -0.4 is 10.6 Å². The van der Waals surface area contributed by atoms with Crippen molar-refractivity contribution >= 4 is 11.7 Å². The number of nitrogens with zero attached hydrogens (tertiary/aromatic N) is 2. The van der Waals surface area contributed by atoms with Gasteiger partial charge in [-0.1, -0.05) is 0 Å². The van der Waals surface area contributed by atoms with E-state index in [-0.39, 0.29) is 6.61 Å². The number of carbonyl (C=O) groups is 1. The summed E-state index contributed by atoms with van der Waals surface area (Å²) in [5, 5.41) is 9.37. The van der Waals surface area contributed by atoms with Crippen LogP contribution in [0.1, 0.15) is 17.4 Å². The third kappa shape index (κ3) is 4.71. The van der Waals surface area contributed by atoms with E-state index in [1.807, 2.05) is 0 Å². The Labute approximate surface area is 158 Å². The van der Waals surface area contributed by atoms with Crippen LogP contribution in [0.4, 0.5) is 23.7 Å². The van der Waals surface area contributed by atoms with Crippen molar-refractivity contribution < 1.29 is 27.1 Å². The fraction of sp³-hybridized carbons (Fsp3) is 0.222. The van der Waals surface area contributed by atoms with E-state index in [4.69, 9.17) is 9.15 Å². The highest BCUT2D eigenvalue weighted by Gasteiger charge is 2.30. The van der Waals surface area contributed by atoms with Gasteiger partial charge in [-0.3, -0.25) is 0 Å². The van der Waals surface area contributed by atoms with E-state index < -0.39 is 23.8 Å².